The lowest BCUT2D eigenvalue weighted by atomic mass is 10.1. The second-order valence-electron chi connectivity index (χ2n) is 5.83. The van der Waals surface area contributed by atoms with Crippen LogP contribution in [-0.2, 0) is 9.59 Å². The van der Waals surface area contributed by atoms with Crippen molar-refractivity contribution < 1.29 is 9.59 Å². The smallest absolute Gasteiger partial charge is 0.227 e. The number of carbonyl (C=O) groups excluding carboxylic acids is 2. The molecule has 0 spiro atoms. The summed E-state index contributed by atoms with van der Waals surface area (Å²) in [5, 5.41) is 0.706. The highest BCUT2D eigenvalue weighted by molar-refractivity contribution is 7.99. The number of likely N-dealkylation sites (tertiary alicyclic amines) is 1. The summed E-state index contributed by atoms with van der Waals surface area (Å²) < 4.78 is 0. The van der Waals surface area contributed by atoms with Gasteiger partial charge in [0.1, 0.15) is 0 Å². The van der Waals surface area contributed by atoms with Gasteiger partial charge in [0.05, 0.1) is 5.92 Å². The van der Waals surface area contributed by atoms with Gasteiger partial charge in [-0.3, -0.25) is 9.59 Å². The van der Waals surface area contributed by atoms with E-state index in [1.165, 1.54) is 6.42 Å². The molecule has 2 rings (SSSR count). The van der Waals surface area contributed by atoms with Crippen LogP contribution in [-0.4, -0.2) is 58.8 Å². The fraction of sp³-hybridized carbons (Fsp3) is 0.867. The lowest BCUT2D eigenvalue weighted by Gasteiger charge is -2.27. The van der Waals surface area contributed by atoms with Crippen LogP contribution in [0.15, 0.2) is 0 Å². The van der Waals surface area contributed by atoms with E-state index in [1.54, 1.807) is 4.90 Å². The monoisotopic (exact) mass is 298 g/mol. The Morgan fingerprint density at radius 3 is 2.75 bits per heavy atom. The van der Waals surface area contributed by atoms with Crippen LogP contribution < -0.4 is 0 Å². The highest BCUT2D eigenvalue weighted by Gasteiger charge is 2.38. The van der Waals surface area contributed by atoms with Crippen molar-refractivity contribution in [3.8, 4) is 0 Å². The van der Waals surface area contributed by atoms with E-state index in [4.69, 9.17) is 0 Å². The zero-order valence-corrected chi connectivity index (χ0v) is 13.6. The first-order chi connectivity index (χ1) is 9.56. The molecule has 0 aromatic carbocycles. The third-order valence-corrected chi connectivity index (χ3v) is 5.83. The van der Waals surface area contributed by atoms with Crippen molar-refractivity contribution in [3.63, 3.8) is 0 Å². The predicted octanol–water partition coefficient (Wildman–Crippen LogP) is 1.99. The Morgan fingerprint density at radius 2 is 2.15 bits per heavy atom. The van der Waals surface area contributed by atoms with E-state index in [9.17, 15) is 9.59 Å². The molecule has 2 fully saturated rings. The Kier molecular flexibility index (Phi) is 5.35. The lowest BCUT2D eigenvalue weighted by molar-refractivity contribution is -0.136. The van der Waals surface area contributed by atoms with Gasteiger partial charge in [0, 0.05) is 37.8 Å². The van der Waals surface area contributed by atoms with Gasteiger partial charge in [-0.1, -0.05) is 6.92 Å². The van der Waals surface area contributed by atoms with Gasteiger partial charge < -0.3 is 9.80 Å². The van der Waals surface area contributed by atoms with Crippen LogP contribution in [0.25, 0.3) is 0 Å². The molecule has 2 amide bonds. The van der Waals surface area contributed by atoms with Gasteiger partial charge in [-0.05, 0) is 31.9 Å². The molecule has 3 atom stereocenters. The molecule has 1 heterocycles. The van der Waals surface area contributed by atoms with Crippen LogP contribution in [0.2, 0.25) is 0 Å². The molecule has 0 radical (unpaired) electrons. The topological polar surface area (TPSA) is 40.6 Å². The minimum Gasteiger partial charge on any atom is -0.342 e. The molecule has 5 heteroatoms. The number of hydrogen-bond acceptors (Lipinski definition) is 3. The predicted molar refractivity (Wildman–Crippen MR) is 82.7 cm³/mol. The summed E-state index contributed by atoms with van der Waals surface area (Å²) in [7, 11) is 1.92. The van der Waals surface area contributed by atoms with Crippen LogP contribution in [0.5, 0.6) is 0 Å². The maximum atomic E-state index is 12.5. The van der Waals surface area contributed by atoms with Gasteiger partial charge in [0.2, 0.25) is 11.8 Å². The normalized spacial score (nSPS) is 30.1. The summed E-state index contributed by atoms with van der Waals surface area (Å²) in [6.45, 7) is 5.48. The first kappa shape index (κ1) is 15.7. The van der Waals surface area contributed by atoms with Gasteiger partial charge in [-0.2, -0.15) is 11.8 Å². The van der Waals surface area contributed by atoms with Crippen LogP contribution in [0.4, 0.5) is 0 Å². The van der Waals surface area contributed by atoms with Crippen molar-refractivity contribution in [2.24, 2.45) is 5.92 Å². The van der Waals surface area contributed by atoms with Gasteiger partial charge in [-0.25, -0.2) is 0 Å². The van der Waals surface area contributed by atoms with E-state index in [0.717, 1.165) is 18.6 Å². The molecule has 1 aliphatic carbocycles. The first-order valence-electron chi connectivity index (χ1n) is 7.72. The van der Waals surface area contributed by atoms with E-state index in [2.05, 4.69) is 6.92 Å². The van der Waals surface area contributed by atoms with Gasteiger partial charge in [0.25, 0.3) is 0 Å². The molecule has 20 heavy (non-hydrogen) atoms. The van der Waals surface area contributed by atoms with Crippen molar-refractivity contribution in [1.29, 1.82) is 0 Å². The molecular formula is C15H26N2O2S. The average molecular weight is 298 g/mol. The van der Waals surface area contributed by atoms with Gasteiger partial charge in [-0.15, -0.1) is 0 Å². The van der Waals surface area contributed by atoms with Crippen molar-refractivity contribution in [2.45, 2.75) is 50.8 Å². The molecular weight excluding hydrogens is 272 g/mol. The second kappa shape index (κ2) is 6.83. The van der Waals surface area contributed by atoms with E-state index >= 15 is 0 Å². The highest BCUT2D eigenvalue weighted by atomic mass is 32.2. The summed E-state index contributed by atoms with van der Waals surface area (Å²) in [6.07, 6.45) is 3.83. The van der Waals surface area contributed by atoms with Crippen molar-refractivity contribution in [2.75, 3.05) is 25.9 Å². The third kappa shape index (κ3) is 3.30. The van der Waals surface area contributed by atoms with Crippen molar-refractivity contribution in [3.05, 3.63) is 0 Å². The van der Waals surface area contributed by atoms with Crippen LogP contribution in [0, 0.1) is 5.92 Å². The Labute approximate surface area is 126 Å². The molecule has 1 aliphatic heterocycles. The van der Waals surface area contributed by atoms with Crippen LogP contribution >= 0.6 is 11.8 Å². The Balaban J connectivity index is 1.88. The molecule has 0 N–H and O–H groups in total. The van der Waals surface area contributed by atoms with E-state index in [1.807, 2.05) is 30.6 Å². The summed E-state index contributed by atoms with van der Waals surface area (Å²) >= 11 is 2.01. The molecule has 114 valence electrons. The SMILES string of the molecule is CCS[C@@H]1CC[C@@H](N(C)C(=O)[C@@H]2CC(=O)N(CC)C2)C1. The molecule has 1 saturated carbocycles. The number of nitrogens with zero attached hydrogens (tertiary/aromatic N) is 2. The number of carbonyl (C=O) groups is 2. The van der Waals surface area contributed by atoms with E-state index in [0.29, 0.717) is 30.8 Å². The van der Waals surface area contributed by atoms with Gasteiger partial charge in [0.15, 0.2) is 0 Å². The third-order valence-electron chi connectivity index (χ3n) is 4.60. The van der Waals surface area contributed by atoms with E-state index in [-0.39, 0.29) is 17.7 Å². The fourth-order valence-electron chi connectivity index (χ4n) is 3.37. The molecule has 2 aliphatic rings. The quantitative estimate of drug-likeness (QED) is 0.779. The van der Waals surface area contributed by atoms with Gasteiger partial charge >= 0.3 is 0 Å². The van der Waals surface area contributed by atoms with Crippen LogP contribution in [0.1, 0.15) is 39.5 Å². The zero-order valence-electron chi connectivity index (χ0n) is 12.8. The average Bonchev–Trinajstić information content (AvgIpc) is 3.04. The largest absolute Gasteiger partial charge is 0.342 e. The fourth-order valence-corrected chi connectivity index (χ4v) is 4.50. The summed E-state index contributed by atoms with van der Waals surface area (Å²) in [4.78, 5) is 28.0. The minimum absolute atomic E-state index is 0.120. The number of thioether (sulfide) groups is 1. The minimum atomic E-state index is -0.120. The highest BCUT2D eigenvalue weighted by Crippen LogP contribution is 2.33. The maximum absolute atomic E-state index is 12.5. The number of amides is 2. The molecule has 0 bridgehead atoms. The first-order valence-corrected chi connectivity index (χ1v) is 8.77. The Bertz CT molecular complexity index is 375. The molecule has 0 unspecified atom stereocenters. The van der Waals surface area contributed by atoms with Crippen LogP contribution in [0.3, 0.4) is 0 Å². The molecule has 0 aromatic heterocycles. The number of rotatable bonds is 5. The standard InChI is InChI=1S/C15H26N2O2S/c1-4-17-10-11(8-14(17)18)15(19)16(3)12-6-7-13(9-12)20-5-2/h11-13H,4-10H2,1-3H3/t11-,12-,13-/m1/s1. The second-order valence-corrected chi connectivity index (χ2v) is 7.40. The molecule has 0 aromatic rings. The summed E-state index contributed by atoms with van der Waals surface area (Å²) in [6, 6.07) is 0.373. The van der Waals surface area contributed by atoms with Crippen molar-refractivity contribution in [1.82, 2.24) is 9.80 Å². The summed E-state index contributed by atoms with van der Waals surface area (Å²) in [5.41, 5.74) is 0. The zero-order chi connectivity index (χ0) is 14.7. The molecule has 1 saturated heterocycles. The number of hydrogen-bond donors (Lipinski definition) is 0. The molecule has 4 nitrogen and oxygen atoms in total. The Morgan fingerprint density at radius 1 is 1.40 bits per heavy atom. The maximum Gasteiger partial charge on any atom is 0.227 e. The Hall–Kier alpha value is -0.710. The lowest BCUT2D eigenvalue weighted by Crippen LogP contribution is -2.40. The summed E-state index contributed by atoms with van der Waals surface area (Å²) in [5.74, 6) is 1.33. The van der Waals surface area contributed by atoms with E-state index < -0.39 is 0 Å². The van der Waals surface area contributed by atoms with Crippen molar-refractivity contribution >= 4 is 23.6 Å².